The van der Waals surface area contributed by atoms with Crippen molar-refractivity contribution in [1.82, 2.24) is 4.98 Å². The average molecular weight is 224 g/mol. The van der Waals surface area contributed by atoms with E-state index in [9.17, 15) is 0 Å². The van der Waals surface area contributed by atoms with E-state index in [1.165, 1.54) is 5.56 Å². The van der Waals surface area contributed by atoms with Gasteiger partial charge in [0.2, 0.25) is 0 Å². The van der Waals surface area contributed by atoms with Gasteiger partial charge in [-0.3, -0.25) is 0 Å². The molecule has 86 valence electrons. The maximum atomic E-state index is 4.65. The fourth-order valence-electron chi connectivity index (χ4n) is 1.70. The Labute approximate surface area is 102 Å². The van der Waals surface area contributed by atoms with Crippen LogP contribution in [0.5, 0.6) is 0 Å². The molecule has 0 fully saturated rings. The molecule has 0 spiro atoms. The fourth-order valence-corrected chi connectivity index (χ4v) is 1.70. The van der Waals surface area contributed by atoms with Gasteiger partial charge in [-0.1, -0.05) is 43.3 Å². The Morgan fingerprint density at radius 1 is 1.12 bits per heavy atom. The zero-order valence-corrected chi connectivity index (χ0v) is 10.2. The van der Waals surface area contributed by atoms with E-state index in [0.29, 0.717) is 0 Å². The number of aromatic nitrogens is 1. The lowest BCUT2D eigenvalue weighted by Gasteiger charge is -2.05. The number of nitrogens with zero attached hydrogens (tertiary/aromatic N) is 2. The highest BCUT2D eigenvalue weighted by molar-refractivity contribution is 6.01. The van der Waals surface area contributed by atoms with Gasteiger partial charge in [-0.15, -0.1) is 0 Å². The smallest absolute Gasteiger partial charge is 0.154 e. The molecule has 0 saturated heterocycles. The Morgan fingerprint density at radius 2 is 1.88 bits per heavy atom. The summed E-state index contributed by atoms with van der Waals surface area (Å²) in [5.74, 6) is 0.813. The van der Waals surface area contributed by atoms with Crippen molar-refractivity contribution in [2.75, 3.05) is 0 Å². The standard InChI is InChI=1S/C15H16N2/c1-3-14(13-9-5-4-6-10-13)17-15-12(2)8-7-11-16-15/h4-11H,3H2,1-2H3/b17-14-. The monoisotopic (exact) mass is 224 g/mol. The lowest BCUT2D eigenvalue weighted by atomic mass is 10.1. The molecule has 0 aliphatic carbocycles. The van der Waals surface area contributed by atoms with Gasteiger partial charge in [0.15, 0.2) is 5.82 Å². The topological polar surface area (TPSA) is 25.2 Å². The molecule has 0 aliphatic rings. The largest absolute Gasteiger partial charge is 0.237 e. The van der Waals surface area contributed by atoms with Gasteiger partial charge in [0.1, 0.15) is 0 Å². The van der Waals surface area contributed by atoms with Crippen molar-refractivity contribution >= 4 is 11.5 Å². The first kappa shape index (κ1) is 11.5. The SMILES string of the molecule is CC/C(=N/c1ncccc1C)c1ccccc1. The molecule has 2 rings (SSSR count). The van der Waals surface area contributed by atoms with Gasteiger partial charge in [-0.05, 0) is 30.5 Å². The molecule has 0 N–H and O–H groups in total. The van der Waals surface area contributed by atoms with Gasteiger partial charge in [-0.25, -0.2) is 9.98 Å². The Kier molecular flexibility index (Phi) is 3.66. The van der Waals surface area contributed by atoms with Crippen molar-refractivity contribution < 1.29 is 0 Å². The van der Waals surface area contributed by atoms with Gasteiger partial charge >= 0.3 is 0 Å². The van der Waals surface area contributed by atoms with Crippen molar-refractivity contribution in [3.8, 4) is 0 Å². The van der Waals surface area contributed by atoms with Crippen LogP contribution in [0.2, 0.25) is 0 Å². The molecular weight excluding hydrogens is 208 g/mol. The zero-order valence-electron chi connectivity index (χ0n) is 10.2. The number of aliphatic imine (C=N–C) groups is 1. The second kappa shape index (κ2) is 5.39. The normalized spacial score (nSPS) is 11.5. The third-order valence-corrected chi connectivity index (χ3v) is 2.66. The molecule has 0 saturated carbocycles. The zero-order chi connectivity index (χ0) is 12.1. The van der Waals surface area contributed by atoms with Crippen molar-refractivity contribution in [3.05, 3.63) is 59.8 Å². The lowest BCUT2D eigenvalue weighted by molar-refractivity contribution is 1.19. The molecular formula is C15H16N2. The van der Waals surface area contributed by atoms with Crippen molar-refractivity contribution in [2.45, 2.75) is 20.3 Å². The molecule has 0 aliphatic heterocycles. The maximum Gasteiger partial charge on any atom is 0.154 e. The summed E-state index contributed by atoms with van der Waals surface area (Å²) in [5, 5.41) is 0. The van der Waals surface area contributed by atoms with Crippen LogP contribution in [-0.2, 0) is 0 Å². The highest BCUT2D eigenvalue weighted by Gasteiger charge is 2.02. The lowest BCUT2D eigenvalue weighted by Crippen LogP contribution is -1.98. The fraction of sp³-hybridized carbons (Fsp3) is 0.200. The van der Waals surface area contributed by atoms with E-state index in [-0.39, 0.29) is 0 Å². The molecule has 2 nitrogen and oxygen atoms in total. The van der Waals surface area contributed by atoms with Crippen LogP contribution in [0.15, 0.2) is 53.7 Å². The Balaban J connectivity index is 2.40. The van der Waals surface area contributed by atoms with E-state index in [4.69, 9.17) is 0 Å². The minimum Gasteiger partial charge on any atom is -0.237 e. The molecule has 2 aromatic rings. The molecule has 2 heteroatoms. The second-order valence-electron chi connectivity index (χ2n) is 3.92. The summed E-state index contributed by atoms with van der Waals surface area (Å²) in [6.45, 7) is 4.15. The summed E-state index contributed by atoms with van der Waals surface area (Å²) in [6.07, 6.45) is 2.68. The van der Waals surface area contributed by atoms with Gasteiger partial charge in [-0.2, -0.15) is 0 Å². The predicted octanol–water partition coefficient (Wildman–Crippen LogP) is 3.92. The van der Waals surface area contributed by atoms with Crippen molar-refractivity contribution in [3.63, 3.8) is 0 Å². The Hall–Kier alpha value is -1.96. The minimum atomic E-state index is 0.813. The van der Waals surface area contributed by atoms with Gasteiger partial charge in [0.25, 0.3) is 0 Å². The maximum absolute atomic E-state index is 4.65. The summed E-state index contributed by atoms with van der Waals surface area (Å²) < 4.78 is 0. The van der Waals surface area contributed by atoms with Crippen LogP contribution in [0, 0.1) is 6.92 Å². The van der Waals surface area contributed by atoms with Crippen LogP contribution in [0.3, 0.4) is 0 Å². The first-order chi connectivity index (χ1) is 8.31. The summed E-state index contributed by atoms with van der Waals surface area (Å²) in [5.41, 5.74) is 3.35. The summed E-state index contributed by atoms with van der Waals surface area (Å²) in [4.78, 5) is 8.96. The number of hydrogen-bond acceptors (Lipinski definition) is 2. The van der Waals surface area contributed by atoms with E-state index < -0.39 is 0 Å². The predicted molar refractivity (Wildman–Crippen MR) is 71.9 cm³/mol. The van der Waals surface area contributed by atoms with Gasteiger partial charge in [0.05, 0.1) is 0 Å². The van der Waals surface area contributed by atoms with E-state index >= 15 is 0 Å². The molecule has 1 heterocycles. The van der Waals surface area contributed by atoms with Crippen LogP contribution in [0.1, 0.15) is 24.5 Å². The Morgan fingerprint density at radius 3 is 2.53 bits per heavy atom. The molecule has 0 amide bonds. The molecule has 0 bridgehead atoms. The van der Waals surface area contributed by atoms with Crippen LogP contribution in [0.25, 0.3) is 0 Å². The van der Waals surface area contributed by atoms with Gasteiger partial charge in [0, 0.05) is 11.9 Å². The second-order valence-corrected chi connectivity index (χ2v) is 3.92. The summed E-state index contributed by atoms with van der Waals surface area (Å²) in [6, 6.07) is 14.2. The summed E-state index contributed by atoms with van der Waals surface area (Å²) >= 11 is 0. The highest BCUT2D eigenvalue weighted by atomic mass is 14.9. The van der Waals surface area contributed by atoms with Crippen LogP contribution < -0.4 is 0 Å². The summed E-state index contributed by atoms with van der Waals surface area (Å²) in [7, 11) is 0. The van der Waals surface area contributed by atoms with Crippen molar-refractivity contribution in [2.24, 2.45) is 4.99 Å². The molecule has 0 atom stereocenters. The molecule has 0 unspecified atom stereocenters. The number of rotatable bonds is 3. The quantitative estimate of drug-likeness (QED) is 0.725. The highest BCUT2D eigenvalue weighted by Crippen LogP contribution is 2.16. The van der Waals surface area contributed by atoms with E-state index in [1.54, 1.807) is 6.20 Å². The molecule has 0 radical (unpaired) electrons. The van der Waals surface area contributed by atoms with E-state index in [1.807, 2.05) is 37.3 Å². The van der Waals surface area contributed by atoms with Gasteiger partial charge < -0.3 is 0 Å². The number of pyridine rings is 1. The van der Waals surface area contributed by atoms with Crippen LogP contribution in [-0.4, -0.2) is 10.7 Å². The van der Waals surface area contributed by atoms with E-state index in [0.717, 1.165) is 23.5 Å². The third kappa shape index (κ3) is 2.78. The number of aryl methyl sites for hydroxylation is 1. The van der Waals surface area contributed by atoms with E-state index in [2.05, 4.69) is 29.0 Å². The number of benzene rings is 1. The van der Waals surface area contributed by atoms with Crippen LogP contribution in [0.4, 0.5) is 5.82 Å². The average Bonchev–Trinajstić information content (AvgIpc) is 2.39. The first-order valence-corrected chi connectivity index (χ1v) is 5.86. The third-order valence-electron chi connectivity index (χ3n) is 2.66. The molecule has 1 aromatic heterocycles. The van der Waals surface area contributed by atoms with Crippen LogP contribution >= 0.6 is 0 Å². The Bertz CT molecular complexity index is 515. The molecule has 1 aromatic carbocycles. The first-order valence-electron chi connectivity index (χ1n) is 5.86. The van der Waals surface area contributed by atoms with Crippen molar-refractivity contribution in [1.29, 1.82) is 0 Å². The molecule has 17 heavy (non-hydrogen) atoms. The minimum absolute atomic E-state index is 0.813. The number of hydrogen-bond donors (Lipinski definition) is 0.